The van der Waals surface area contributed by atoms with E-state index in [1.54, 1.807) is 25.1 Å². The van der Waals surface area contributed by atoms with Gasteiger partial charge in [-0.2, -0.15) is 8.75 Å². The molecule has 3 rings (SSSR count). The van der Waals surface area contributed by atoms with Gasteiger partial charge in [-0.1, -0.05) is 6.07 Å². The van der Waals surface area contributed by atoms with E-state index in [9.17, 15) is 9.90 Å². The number of carbonyl (C=O) groups is 1. The topological polar surface area (TPSA) is 75.1 Å². The van der Waals surface area contributed by atoms with Gasteiger partial charge < -0.3 is 10.4 Å². The fourth-order valence-corrected chi connectivity index (χ4v) is 3.25. The third kappa shape index (κ3) is 2.94. The number of nitrogens with one attached hydrogen (secondary N) is 1. The Morgan fingerprint density at radius 1 is 1.33 bits per heavy atom. The molecule has 1 aromatic carbocycles. The second-order valence-corrected chi connectivity index (χ2v) is 6.38. The van der Waals surface area contributed by atoms with Crippen molar-refractivity contribution in [1.82, 2.24) is 14.1 Å². The van der Waals surface area contributed by atoms with Crippen LogP contribution in [-0.4, -0.2) is 26.3 Å². The monoisotopic (exact) mass is 319 g/mol. The molecule has 7 heteroatoms. The lowest BCUT2D eigenvalue weighted by atomic mass is 10.0. The summed E-state index contributed by atoms with van der Waals surface area (Å²) in [6.45, 7) is 1.84. The first-order valence-electron chi connectivity index (χ1n) is 6.33. The van der Waals surface area contributed by atoms with Gasteiger partial charge >= 0.3 is 0 Å². The summed E-state index contributed by atoms with van der Waals surface area (Å²) in [5.41, 5.74) is 0.924. The van der Waals surface area contributed by atoms with E-state index in [1.807, 2.05) is 17.5 Å². The molecule has 108 valence electrons. The molecule has 2 aromatic heterocycles. The minimum Gasteiger partial charge on any atom is -0.383 e. The van der Waals surface area contributed by atoms with Gasteiger partial charge in [0.1, 0.15) is 16.6 Å². The van der Waals surface area contributed by atoms with Gasteiger partial charge in [0.25, 0.3) is 5.91 Å². The quantitative estimate of drug-likeness (QED) is 0.774. The van der Waals surface area contributed by atoms with Crippen LogP contribution in [0.15, 0.2) is 35.7 Å². The molecule has 0 saturated heterocycles. The smallest absolute Gasteiger partial charge is 0.251 e. The Kier molecular flexibility index (Phi) is 3.71. The number of nitrogens with zero attached hydrogens (tertiary/aromatic N) is 2. The third-order valence-corrected chi connectivity index (χ3v) is 4.84. The van der Waals surface area contributed by atoms with Crippen molar-refractivity contribution in [2.75, 3.05) is 6.54 Å². The van der Waals surface area contributed by atoms with E-state index in [-0.39, 0.29) is 12.5 Å². The molecular weight excluding hydrogens is 306 g/mol. The van der Waals surface area contributed by atoms with Gasteiger partial charge in [0, 0.05) is 10.4 Å². The molecule has 0 bridgehead atoms. The number of fused-ring (bicyclic) bond motifs is 1. The Morgan fingerprint density at radius 3 is 2.90 bits per heavy atom. The van der Waals surface area contributed by atoms with Crippen LogP contribution in [0.3, 0.4) is 0 Å². The maximum absolute atomic E-state index is 12.2. The fourth-order valence-electron chi connectivity index (χ4n) is 1.95. The van der Waals surface area contributed by atoms with E-state index in [4.69, 9.17) is 0 Å². The van der Waals surface area contributed by atoms with Crippen molar-refractivity contribution in [2.24, 2.45) is 0 Å². The van der Waals surface area contributed by atoms with Crippen LogP contribution in [-0.2, 0) is 5.60 Å². The molecular formula is C14H13N3O2S2. The highest BCUT2D eigenvalue weighted by Crippen LogP contribution is 2.24. The van der Waals surface area contributed by atoms with Crippen molar-refractivity contribution < 1.29 is 9.90 Å². The van der Waals surface area contributed by atoms with Crippen LogP contribution in [0.1, 0.15) is 22.2 Å². The highest BCUT2D eigenvalue weighted by Gasteiger charge is 2.25. The van der Waals surface area contributed by atoms with Crippen molar-refractivity contribution in [1.29, 1.82) is 0 Å². The molecule has 0 aliphatic carbocycles. The lowest BCUT2D eigenvalue weighted by Crippen LogP contribution is -2.38. The Bertz CT molecular complexity index is 765. The molecule has 5 nitrogen and oxygen atoms in total. The van der Waals surface area contributed by atoms with Gasteiger partial charge in [0.15, 0.2) is 0 Å². The van der Waals surface area contributed by atoms with Gasteiger partial charge in [-0.25, -0.2) is 0 Å². The van der Waals surface area contributed by atoms with Crippen molar-refractivity contribution in [2.45, 2.75) is 12.5 Å². The Labute approximate surface area is 129 Å². The van der Waals surface area contributed by atoms with E-state index < -0.39 is 5.60 Å². The molecule has 0 radical (unpaired) electrons. The number of hydrogen-bond donors (Lipinski definition) is 2. The van der Waals surface area contributed by atoms with Gasteiger partial charge in [0.2, 0.25) is 0 Å². The summed E-state index contributed by atoms with van der Waals surface area (Å²) in [7, 11) is 0. The minimum atomic E-state index is -1.07. The highest BCUT2D eigenvalue weighted by molar-refractivity contribution is 7.10. The van der Waals surface area contributed by atoms with Crippen LogP contribution >= 0.6 is 23.1 Å². The van der Waals surface area contributed by atoms with Gasteiger partial charge in [0.05, 0.1) is 18.3 Å². The van der Waals surface area contributed by atoms with Crippen molar-refractivity contribution in [3.8, 4) is 0 Å². The Hall–Kier alpha value is -1.83. The van der Waals surface area contributed by atoms with Crippen molar-refractivity contribution in [3.05, 3.63) is 46.2 Å². The fraction of sp³-hybridized carbons (Fsp3) is 0.214. The number of hydrogen-bond acceptors (Lipinski definition) is 6. The number of rotatable bonds is 4. The van der Waals surface area contributed by atoms with Gasteiger partial charge in [-0.05, 0) is 36.6 Å². The lowest BCUT2D eigenvalue weighted by Gasteiger charge is -2.22. The number of aliphatic hydroxyl groups is 1. The van der Waals surface area contributed by atoms with Crippen LogP contribution in [0, 0.1) is 0 Å². The van der Waals surface area contributed by atoms with Crippen LogP contribution in [0.4, 0.5) is 0 Å². The second kappa shape index (κ2) is 5.51. The van der Waals surface area contributed by atoms with Crippen LogP contribution in [0.2, 0.25) is 0 Å². The summed E-state index contributed by atoms with van der Waals surface area (Å²) < 4.78 is 8.21. The zero-order valence-electron chi connectivity index (χ0n) is 11.2. The summed E-state index contributed by atoms with van der Waals surface area (Å²) in [6, 6.07) is 8.90. The van der Waals surface area contributed by atoms with E-state index in [2.05, 4.69) is 14.1 Å². The maximum Gasteiger partial charge on any atom is 0.251 e. The molecule has 3 aromatic rings. The number of amides is 1. The van der Waals surface area contributed by atoms with Crippen molar-refractivity contribution in [3.63, 3.8) is 0 Å². The molecule has 1 amide bonds. The first-order valence-corrected chi connectivity index (χ1v) is 7.94. The zero-order valence-corrected chi connectivity index (χ0v) is 12.9. The predicted octanol–water partition coefficient (Wildman–Crippen LogP) is 2.39. The predicted molar refractivity (Wildman–Crippen MR) is 83.6 cm³/mol. The first kappa shape index (κ1) is 14.1. The summed E-state index contributed by atoms with van der Waals surface area (Å²) in [4.78, 5) is 13.0. The zero-order chi connectivity index (χ0) is 14.9. The Morgan fingerprint density at radius 2 is 2.14 bits per heavy atom. The molecule has 2 N–H and O–H groups in total. The molecule has 0 saturated carbocycles. The van der Waals surface area contributed by atoms with Crippen LogP contribution < -0.4 is 5.32 Å². The van der Waals surface area contributed by atoms with Gasteiger partial charge in [-0.15, -0.1) is 11.3 Å². The van der Waals surface area contributed by atoms with E-state index in [1.165, 1.54) is 11.3 Å². The summed E-state index contributed by atoms with van der Waals surface area (Å²) >= 11 is 2.58. The van der Waals surface area contributed by atoms with Crippen LogP contribution in [0.5, 0.6) is 0 Å². The average molecular weight is 319 g/mol. The minimum absolute atomic E-state index is 0.152. The second-order valence-electron chi connectivity index (χ2n) is 4.90. The van der Waals surface area contributed by atoms with Crippen molar-refractivity contribution >= 4 is 40.0 Å². The summed E-state index contributed by atoms with van der Waals surface area (Å²) in [5, 5.41) is 15.0. The first-order chi connectivity index (χ1) is 10.1. The molecule has 0 aliphatic rings. The number of carbonyl (C=O) groups excluding carboxylic acids is 1. The average Bonchev–Trinajstić information content (AvgIpc) is 3.14. The SMILES string of the molecule is C[C@](O)(CNC(=O)c1ccc2nsnc2c1)c1cccs1. The molecule has 0 unspecified atom stereocenters. The molecule has 2 heterocycles. The van der Waals surface area contributed by atoms with Crippen LogP contribution in [0.25, 0.3) is 11.0 Å². The molecule has 0 spiro atoms. The molecule has 0 fully saturated rings. The normalized spacial score (nSPS) is 14.0. The summed E-state index contributed by atoms with van der Waals surface area (Å²) in [6.07, 6.45) is 0. The number of benzene rings is 1. The lowest BCUT2D eigenvalue weighted by molar-refractivity contribution is 0.0557. The molecule has 0 aliphatic heterocycles. The molecule has 21 heavy (non-hydrogen) atoms. The number of aromatic nitrogens is 2. The van der Waals surface area contributed by atoms with Gasteiger partial charge in [-0.3, -0.25) is 4.79 Å². The van der Waals surface area contributed by atoms with E-state index >= 15 is 0 Å². The van der Waals surface area contributed by atoms with E-state index in [0.29, 0.717) is 11.1 Å². The summed E-state index contributed by atoms with van der Waals surface area (Å²) in [5.74, 6) is -0.235. The maximum atomic E-state index is 12.2. The largest absolute Gasteiger partial charge is 0.383 e. The Balaban J connectivity index is 1.71. The number of thiophene rings is 1. The van der Waals surface area contributed by atoms with E-state index in [0.717, 1.165) is 22.1 Å². The standard InChI is InChI=1S/C14H13N3O2S2/c1-14(19,12-3-2-6-20-12)8-15-13(18)9-4-5-10-11(7-9)17-21-16-10/h2-7,19H,8H2,1H3,(H,15,18)/t14-/m0/s1. The highest BCUT2D eigenvalue weighted by atomic mass is 32.1. The molecule has 1 atom stereocenters. The third-order valence-electron chi connectivity index (χ3n) is 3.16.